The van der Waals surface area contributed by atoms with E-state index in [1.165, 1.54) is 0 Å². The van der Waals surface area contributed by atoms with Gasteiger partial charge in [0.05, 0.1) is 15.2 Å². The fourth-order valence-electron chi connectivity index (χ4n) is 2.46. The molecule has 0 saturated carbocycles. The first kappa shape index (κ1) is 17.1. The molecule has 0 atom stereocenters. The van der Waals surface area contributed by atoms with E-state index in [1.807, 2.05) is 24.3 Å². The molecule has 25 heavy (non-hydrogen) atoms. The molecule has 0 aliphatic carbocycles. The zero-order chi connectivity index (χ0) is 17.6. The lowest BCUT2D eigenvalue weighted by Crippen LogP contribution is -2.11. The number of aryl methyl sites for hydroxylation is 1. The van der Waals surface area contributed by atoms with Crippen LogP contribution in [-0.2, 0) is 22.6 Å². The van der Waals surface area contributed by atoms with Gasteiger partial charge in [0, 0.05) is 12.0 Å². The number of aromatic nitrogens is 1. The molecule has 0 bridgehead atoms. The molecule has 3 rings (SSSR count). The lowest BCUT2D eigenvalue weighted by Gasteiger charge is -2.05. The van der Waals surface area contributed by atoms with E-state index in [2.05, 4.69) is 4.98 Å². The number of hydrogen-bond acceptors (Lipinski definition) is 5. The van der Waals surface area contributed by atoms with Crippen LogP contribution >= 0.6 is 11.3 Å². The summed E-state index contributed by atoms with van der Waals surface area (Å²) in [6.07, 6.45) is 1.79. The first-order valence-corrected chi connectivity index (χ1v) is 8.82. The Morgan fingerprint density at radius 1 is 1.12 bits per heavy atom. The van der Waals surface area contributed by atoms with Gasteiger partial charge in [-0.25, -0.2) is 4.98 Å². The number of nitrogens with zero attached hydrogens (tertiary/aromatic N) is 1. The van der Waals surface area contributed by atoms with Gasteiger partial charge in [0.1, 0.15) is 6.61 Å². The molecule has 5 nitrogen and oxygen atoms in total. The third kappa shape index (κ3) is 4.64. The largest absolute Gasteiger partial charge is 0.461 e. The number of carbonyl (C=O) groups is 2. The van der Waals surface area contributed by atoms with Crippen LogP contribution in [0.4, 0.5) is 0 Å². The SMILES string of the molecule is NC(=O)c1cccc(COC(=O)CCCc2nc3ccccc3s2)c1. The van der Waals surface area contributed by atoms with Crippen molar-refractivity contribution in [2.24, 2.45) is 5.73 Å². The molecule has 0 aliphatic heterocycles. The number of nitrogens with two attached hydrogens (primary N) is 1. The third-order valence-electron chi connectivity index (χ3n) is 3.72. The number of carbonyl (C=O) groups excluding carboxylic acids is 2. The summed E-state index contributed by atoms with van der Waals surface area (Å²) < 4.78 is 6.41. The Balaban J connectivity index is 1.45. The smallest absolute Gasteiger partial charge is 0.306 e. The Labute approximate surface area is 149 Å². The summed E-state index contributed by atoms with van der Waals surface area (Å²) >= 11 is 1.66. The Morgan fingerprint density at radius 3 is 2.76 bits per heavy atom. The average molecular weight is 354 g/mol. The highest BCUT2D eigenvalue weighted by Crippen LogP contribution is 2.22. The Hall–Kier alpha value is -2.73. The van der Waals surface area contributed by atoms with Crippen LogP contribution < -0.4 is 5.73 Å². The van der Waals surface area contributed by atoms with E-state index in [1.54, 1.807) is 35.6 Å². The van der Waals surface area contributed by atoms with Gasteiger partial charge < -0.3 is 10.5 Å². The van der Waals surface area contributed by atoms with E-state index in [4.69, 9.17) is 10.5 Å². The molecule has 0 radical (unpaired) electrons. The van der Waals surface area contributed by atoms with E-state index in [9.17, 15) is 9.59 Å². The summed E-state index contributed by atoms with van der Waals surface area (Å²) in [6, 6.07) is 14.8. The van der Waals surface area contributed by atoms with Crippen molar-refractivity contribution in [2.45, 2.75) is 25.9 Å². The fourth-order valence-corrected chi connectivity index (χ4v) is 3.47. The van der Waals surface area contributed by atoms with Crippen LogP contribution in [0.3, 0.4) is 0 Å². The van der Waals surface area contributed by atoms with E-state index >= 15 is 0 Å². The lowest BCUT2D eigenvalue weighted by molar-refractivity contribution is -0.145. The third-order valence-corrected chi connectivity index (χ3v) is 4.82. The van der Waals surface area contributed by atoms with Crippen LogP contribution in [0, 0.1) is 0 Å². The number of benzene rings is 2. The predicted octanol–water partition coefficient (Wildman–Crippen LogP) is 3.46. The average Bonchev–Trinajstić information content (AvgIpc) is 3.03. The summed E-state index contributed by atoms with van der Waals surface area (Å²) in [7, 11) is 0. The first-order chi connectivity index (χ1) is 12.1. The predicted molar refractivity (Wildman–Crippen MR) is 97.3 cm³/mol. The minimum atomic E-state index is -0.496. The molecule has 2 N–H and O–H groups in total. The summed E-state index contributed by atoms with van der Waals surface area (Å²) in [5, 5.41) is 1.03. The topological polar surface area (TPSA) is 82.3 Å². The van der Waals surface area contributed by atoms with Gasteiger partial charge in [-0.1, -0.05) is 24.3 Å². The maximum Gasteiger partial charge on any atom is 0.306 e. The monoisotopic (exact) mass is 354 g/mol. The summed E-state index contributed by atoms with van der Waals surface area (Å²) in [6.45, 7) is 0.140. The summed E-state index contributed by atoms with van der Waals surface area (Å²) in [5.41, 5.74) is 7.39. The highest BCUT2D eigenvalue weighted by molar-refractivity contribution is 7.18. The maximum atomic E-state index is 11.9. The Morgan fingerprint density at radius 2 is 1.96 bits per heavy atom. The minimum absolute atomic E-state index is 0.140. The molecule has 6 heteroatoms. The van der Waals surface area contributed by atoms with Crippen molar-refractivity contribution >= 4 is 33.4 Å². The van der Waals surface area contributed by atoms with Crippen LogP contribution in [0.25, 0.3) is 10.2 Å². The zero-order valence-electron chi connectivity index (χ0n) is 13.6. The molecule has 1 aromatic heterocycles. The second-order valence-electron chi connectivity index (χ2n) is 5.65. The second kappa shape index (κ2) is 7.90. The number of esters is 1. The van der Waals surface area contributed by atoms with Gasteiger partial charge >= 0.3 is 5.97 Å². The molecule has 2 aromatic carbocycles. The molecule has 1 amide bonds. The van der Waals surface area contributed by atoms with Gasteiger partial charge in [-0.3, -0.25) is 9.59 Å². The van der Waals surface area contributed by atoms with Crippen LogP contribution in [0.1, 0.15) is 33.8 Å². The number of para-hydroxylation sites is 1. The zero-order valence-corrected chi connectivity index (χ0v) is 14.4. The highest BCUT2D eigenvalue weighted by atomic mass is 32.1. The second-order valence-corrected chi connectivity index (χ2v) is 6.77. The number of fused-ring (bicyclic) bond motifs is 1. The van der Waals surface area contributed by atoms with E-state index < -0.39 is 5.91 Å². The maximum absolute atomic E-state index is 11.9. The quantitative estimate of drug-likeness (QED) is 0.659. The highest BCUT2D eigenvalue weighted by Gasteiger charge is 2.08. The van der Waals surface area contributed by atoms with Crippen molar-refractivity contribution in [1.82, 2.24) is 4.98 Å². The molecule has 0 unspecified atom stereocenters. The van der Waals surface area contributed by atoms with Gasteiger partial charge in [-0.05, 0) is 42.7 Å². The van der Waals surface area contributed by atoms with Crippen molar-refractivity contribution < 1.29 is 14.3 Å². The van der Waals surface area contributed by atoms with Crippen molar-refractivity contribution in [1.29, 1.82) is 0 Å². The van der Waals surface area contributed by atoms with Gasteiger partial charge in [-0.2, -0.15) is 0 Å². The molecule has 0 saturated heterocycles. The first-order valence-electron chi connectivity index (χ1n) is 8.00. The van der Waals surface area contributed by atoms with Gasteiger partial charge in [-0.15, -0.1) is 11.3 Å². The Kier molecular flexibility index (Phi) is 5.40. The molecule has 128 valence electrons. The number of amides is 1. The van der Waals surface area contributed by atoms with Crippen molar-refractivity contribution in [3.8, 4) is 0 Å². The van der Waals surface area contributed by atoms with E-state index in [-0.39, 0.29) is 12.6 Å². The summed E-state index contributed by atoms with van der Waals surface area (Å²) in [4.78, 5) is 27.6. The van der Waals surface area contributed by atoms with Crippen LogP contribution in [0.5, 0.6) is 0 Å². The summed E-state index contributed by atoms with van der Waals surface area (Å²) in [5.74, 6) is -0.755. The number of rotatable bonds is 7. The lowest BCUT2D eigenvalue weighted by atomic mass is 10.1. The van der Waals surface area contributed by atoms with Crippen molar-refractivity contribution in [3.63, 3.8) is 0 Å². The number of hydrogen-bond donors (Lipinski definition) is 1. The van der Waals surface area contributed by atoms with Crippen molar-refractivity contribution in [3.05, 3.63) is 64.7 Å². The van der Waals surface area contributed by atoms with E-state index in [0.717, 1.165) is 27.2 Å². The normalized spacial score (nSPS) is 10.7. The molecule has 0 spiro atoms. The van der Waals surface area contributed by atoms with Gasteiger partial charge in [0.25, 0.3) is 0 Å². The number of primary amides is 1. The molecule has 3 aromatic rings. The molecule has 0 aliphatic rings. The number of thiazole rings is 1. The standard InChI is InChI=1S/C19H18N2O3S/c20-19(23)14-6-3-5-13(11-14)12-24-18(22)10-4-9-17-21-15-7-1-2-8-16(15)25-17/h1-3,5-8,11H,4,9-10,12H2,(H2,20,23). The number of ether oxygens (including phenoxy) is 1. The molecule has 1 heterocycles. The van der Waals surface area contributed by atoms with Crippen LogP contribution in [0.2, 0.25) is 0 Å². The van der Waals surface area contributed by atoms with E-state index in [0.29, 0.717) is 18.4 Å². The van der Waals surface area contributed by atoms with Gasteiger partial charge in [0.2, 0.25) is 5.91 Å². The molecular formula is C19H18N2O3S. The Bertz CT molecular complexity index is 871. The van der Waals surface area contributed by atoms with Crippen molar-refractivity contribution in [2.75, 3.05) is 0 Å². The van der Waals surface area contributed by atoms with Crippen LogP contribution in [-0.4, -0.2) is 16.9 Å². The fraction of sp³-hybridized carbons (Fsp3) is 0.211. The van der Waals surface area contributed by atoms with Crippen LogP contribution in [0.15, 0.2) is 48.5 Å². The van der Waals surface area contributed by atoms with Gasteiger partial charge in [0.15, 0.2) is 0 Å². The minimum Gasteiger partial charge on any atom is -0.461 e. The molecular weight excluding hydrogens is 336 g/mol. The molecule has 0 fully saturated rings.